The zero-order valence-corrected chi connectivity index (χ0v) is 20.2. The molecule has 2 aromatic carbocycles. The van der Waals surface area contributed by atoms with Crippen LogP contribution < -0.4 is 15.5 Å². The second-order valence-corrected chi connectivity index (χ2v) is 9.04. The summed E-state index contributed by atoms with van der Waals surface area (Å²) in [7, 11) is 0. The lowest BCUT2D eigenvalue weighted by Crippen LogP contribution is -2.51. The Hall–Kier alpha value is -3.04. The highest BCUT2D eigenvalue weighted by Gasteiger charge is 2.34. The minimum absolute atomic E-state index is 0.248. The zero-order valence-electron chi connectivity index (χ0n) is 19.3. The number of anilines is 1. The summed E-state index contributed by atoms with van der Waals surface area (Å²) in [5.41, 5.74) is 2.81. The van der Waals surface area contributed by atoms with Crippen LogP contribution in [0.4, 0.5) is 14.9 Å². The highest BCUT2D eigenvalue weighted by atomic mass is 32.2. The van der Waals surface area contributed by atoms with E-state index < -0.39 is 12.0 Å². The number of benzene rings is 2. The first-order valence-corrected chi connectivity index (χ1v) is 12.6. The van der Waals surface area contributed by atoms with Crippen LogP contribution in [0.2, 0.25) is 0 Å². The second-order valence-electron chi connectivity index (χ2n) is 8.16. The summed E-state index contributed by atoms with van der Waals surface area (Å²) in [4.78, 5) is 31.0. The molecule has 0 radical (unpaired) electrons. The van der Waals surface area contributed by atoms with E-state index in [1.165, 1.54) is 12.1 Å². The Kier molecular flexibility index (Phi) is 7.74. The molecule has 2 aliphatic rings. The number of halogens is 1. The van der Waals surface area contributed by atoms with Crippen LogP contribution in [0.3, 0.4) is 0 Å². The Morgan fingerprint density at radius 1 is 1.09 bits per heavy atom. The van der Waals surface area contributed by atoms with Crippen molar-refractivity contribution in [1.29, 1.82) is 0 Å². The fourth-order valence-electron chi connectivity index (χ4n) is 4.28. The fraction of sp³-hybridized carbons (Fsp3) is 0.360. The first-order valence-electron chi connectivity index (χ1n) is 11.3. The van der Waals surface area contributed by atoms with Crippen LogP contribution in [0, 0.1) is 5.82 Å². The van der Waals surface area contributed by atoms with Gasteiger partial charge in [0.15, 0.2) is 0 Å². The van der Waals surface area contributed by atoms with Gasteiger partial charge < -0.3 is 20.3 Å². The average molecular weight is 485 g/mol. The molecule has 180 valence electrons. The quantitative estimate of drug-likeness (QED) is 0.463. The van der Waals surface area contributed by atoms with E-state index in [-0.39, 0.29) is 18.5 Å². The third-order valence-electron chi connectivity index (χ3n) is 6.04. The third kappa shape index (κ3) is 5.53. The standard InChI is InChI=1S/C25H29FN4O3S/c1-3-33-24(31)22-21(27-25(32)28-23(22)17-4-10-20(34-2)11-5-17)16-29-12-14-30(15-13-29)19-8-6-18(26)7-9-19/h4-11,23H,3,12-16H2,1-2H3,(H2,27,28,32)/t23-/m1/s1. The van der Waals surface area contributed by atoms with E-state index in [1.54, 1.807) is 30.8 Å². The van der Waals surface area contributed by atoms with Crippen molar-refractivity contribution >= 4 is 29.4 Å². The van der Waals surface area contributed by atoms with E-state index in [0.717, 1.165) is 42.3 Å². The maximum atomic E-state index is 13.2. The van der Waals surface area contributed by atoms with Crippen molar-refractivity contribution in [1.82, 2.24) is 15.5 Å². The summed E-state index contributed by atoms with van der Waals surface area (Å²) in [5.74, 6) is -0.686. The van der Waals surface area contributed by atoms with Crippen molar-refractivity contribution < 1.29 is 18.7 Å². The Balaban J connectivity index is 1.54. The molecular weight excluding hydrogens is 455 g/mol. The molecule has 0 bridgehead atoms. The Bertz CT molecular complexity index is 1050. The van der Waals surface area contributed by atoms with Crippen LogP contribution in [0.5, 0.6) is 0 Å². The summed E-state index contributed by atoms with van der Waals surface area (Å²) < 4.78 is 18.6. The molecule has 0 unspecified atom stereocenters. The van der Waals surface area contributed by atoms with E-state index >= 15 is 0 Å². The van der Waals surface area contributed by atoms with Crippen molar-refractivity contribution in [3.63, 3.8) is 0 Å². The molecule has 9 heteroatoms. The van der Waals surface area contributed by atoms with Crippen molar-refractivity contribution in [2.24, 2.45) is 0 Å². The summed E-state index contributed by atoms with van der Waals surface area (Å²) in [6.45, 7) is 5.46. The smallest absolute Gasteiger partial charge is 0.338 e. The second kappa shape index (κ2) is 10.9. The number of carbonyl (C=O) groups excluding carboxylic acids is 2. The first kappa shape index (κ1) is 24.1. The first-order chi connectivity index (χ1) is 16.5. The van der Waals surface area contributed by atoms with Gasteiger partial charge in [0.2, 0.25) is 0 Å². The minimum atomic E-state index is -0.584. The maximum absolute atomic E-state index is 13.2. The van der Waals surface area contributed by atoms with Crippen LogP contribution in [-0.2, 0) is 9.53 Å². The van der Waals surface area contributed by atoms with Gasteiger partial charge in [-0.1, -0.05) is 12.1 Å². The highest BCUT2D eigenvalue weighted by Crippen LogP contribution is 2.30. The van der Waals surface area contributed by atoms with Gasteiger partial charge in [-0.05, 0) is 55.1 Å². The van der Waals surface area contributed by atoms with Crippen LogP contribution in [0.25, 0.3) is 0 Å². The van der Waals surface area contributed by atoms with Gasteiger partial charge in [0.25, 0.3) is 0 Å². The molecule has 1 atom stereocenters. The van der Waals surface area contributed by atoms with Gasteiger partial charge in [0.1, 0.15) is 5.82 Å². The molecule has 2 aromatic rings. The van der Waals surface area contributed by atoms with Gasteiger partial charge in [-0.25, -0.2) is 14.0 Å². The molecule has 0 aromatic heterocycles. The van der Waals surface area contributed by atoms with Crippen LogP contribution in [0.15, 0.2) is 64.7 Å². The van der Waals surface area contributed by atoms with Gasteiger partial charge in [-0.2, -0.15) is 0 Å². The highest BCUT2D eigenvalue weighted by molar-refractivity contribution is 7.98. The van der Waals surface area contributed by atoms with E-state index in [2.05, 4.69) is 20.4 Å². The van der Waals surface area contributed by atoms with Gasteiger partial charge in [-0.15, -0.1) is 11.8 Å². The molecule has 1 fully saturated rings. The van der Waals surface area contributed by atoms with Crippen LogP contribution in [-0.4, -0.2) is 62.5 Å². The van der Waals surface area contributed by atoms with Gasteiger partial charge in [0, 0.05) is 49.0 Å². The Labute approximate surface area is 203 Å². The molecule has 2 N–H and O–H groups in total. The molecule has 0 spiro atoms. The number of urea groups is 1. The minimum Gasteiger partial charge on any atom is -0.463 e. The van der Waals surface area contributed by atoms with E-state index in [1.807, 2.05) is 30.5 Å². The van der Waals surface area contributed by atoms with Crippen molar-refractivity contribution in [2.75, 3.05) is 50.5 Å². The number of nitrogens with zero attached hydrogens (tertiary/aromatic N) is 2. The molecule has 34 heavy (non-hydrogen) atoms. The zero-order chi connectivity index (χ0) is 24.1. The lowest BCUT2D eigenvalue weighted by Gasteiger charge is -2.38. The monoisotopic (exact) mass is 484 g/mol. The van der Waals surface area contributed by atoms with Gasteiger partial charge in [-0.3, -0.25) is 4.90 Å². The lowest BCUT2D eigenvalue weighted by molar-refractivity contribution is -0.139. The summed E-state index contributed by atoms with van der Waals surface area (Å²) in [6, 6.07) is 13.4. The average Bonchev–Trinajstić information content (AvgIpc) is 2.85. The number of hydrogen-bond acceptors (Lipinski definition) is 6. The molecule has 2 aliphatic heterocycles. The number of hydrogen-bond donors (Lipinski definition) is 2. The number of esters is 1. The predicted octanol–water partition coefficient (Wildman–Crippen LogP) is 3.54. The Morgan fingerprint density at radius 2 is 1.76 bits per heavy atom. The number of ether oxygens (including phenoxy) is 1. The molecular formula is C25H29FN4O3S. The van der Waals surface area contributed by atoms with Crippen molar-refractivity contribution in [3.8, 4) is 0 Å². The summed E-state index contributed by atoms with van der Waals surface area (Å²) in [5, 5.41) is 5.74. The van der Waals surface area contributed by atoms with E-state index in [9.17, 15) is 14.0 Å². The van der Waals surface area contributed by atoms with E-state index in [0.29, 0.717) is 17.8 Å². The molecule has 0 aliphatic carbocycles. The molecule has 7 nitrogen and oxygen atoms in total. The van der Waals surface area contributed by atoms with Gasteiger partial charge in [0.05, 0.1) is 18.2 Å². The van der Waals surface area contributed by atoms with Crippen molar-refractivity contribution in [2.45, 2.75) is 17.9 Å². The molecule has 2 amide bonds. The largest absolute Gasteiger partial charge is 0.463 e. The van der Waals surface area contributed by atoms with E-state index in [4.69, 9.17) is 4.74 Å². The number of amides is 2. The van der Waals surface area contributed by atoms with Crippen molar-refractivity contribution in [3.05, 3.63) is 71.2 Å². The molecule has 0 saturated carbocycles. The number of thioether (sulfide) groups is 1. The third-order valence-corrected chi connectivity index (χ3v) is 6.79. The molecule has 4 rings (SSSR count). The topological polar surface area (TPSA) is 73.9 Å². The van der Waals surface area contributed by atoms with Crippen LogP contribution in [0.1, 0.15) is 18.5 Å². The lowest BCUT2D eigenvalue weighted by atomic mass is 9.95. The summed E-state index contributed by atoms with van der Waals surface area (Å²) >= 11 is 1.63. The molecule has 1 saturated heterocycles. The van der Waals surface area contributed by atoms with Gasteiger partial charge >= 0.3 is 12.0 Å². The number of carbonyl (C=O) groups is 2. The SMILES string of the molecule is CCOC(=O)C1=C(CN2CCN(c3ccc(F)cc3)CC2)NC(=O)N[C@@H]1c1ccc(SC)cc1. The number of nitrogens with one attached hydrogen (secondary N) is 2. The molecule has 2 heterocycles. The fourth-order valence-corrected chi connectivity index (χ4v) is 4.69. The Morgan fingerprint density at radius 3 is 2.38 bits per heavy atom. The number of piperazine rings is 1. The summed E-state index contributed by atoms with van der Waals surface area (Å²) in [6.07, 6.45) is 2.00. The predicted molar refractivity (Wildman–Crippen MR) is 131 cm³/mol. The van der Waals surface area contributed by atoms with Crippen LogP contribution >= 0.6 is 11.8 Å². The maximum Gasteiger partial charge on any atom is 0.338 e. The normalized spacial score (nSPS) is 19.0. The number of rotatable bonds is 7.